The molecule has 280 valence electrons. The lowest BCUT2D eigenvalue weighted by atomic mass is 9.81. The summed E-state index contributed by atoms with van der Waals surface area (Å²) in [5, 5.41) is 26.3. The number of nitrogens with one attached hydrogen (secondary N) is 1. The summed E-state index contributed by atoms with van der Waals surface area (Å²) < 4.78 is 63.5. The number of likely N-dealkylation sites (tertiary alicyclic amines) is 1. The molecule has 3 aliphatic rings. The van der Waals surface area contributed by atoms with Crippen molar-refractivity contribution in [1.29, 1.82) is 0 Å². The molecule has 1 aromatic rings. The molecule has 2 heterocycles. The van der Waals surface area contributed by atoms with Crippen molar-refractivity contribution in [2.45, 2.75) is 63.5 Å². The Labute approximate surface area is 282 Å². The topological polar surface area (TPSA) is 211 Å². The van der Waals surface area contributed by atoms with Crippen LogP contribution in [-0.4, -0.2) is 129 Å². The highest BCUT2D eigenvalue weighted by Crippen LogP contribution is 2.33. The Kier molecular flexibility index (Phi) is 15.0. The number of amides is 3. The molecule has 0 aromatic heterocycles. The van der Waals surface area contributed by atoms with Crippen molar-refractivity contribution in [2.75, 3.05) is 44.6 Å². The molecule has 3 fully saturated rings. The van der Waals surface area contributed by atoms with Crippen molar-refractivity contribution in [3.8, 4) is 0 Å². The number of benzene rings is 1. The summed E-state index contributed by atoms with van der Waals surface area (Å²) in [7, 11) is 0. The zero-order chi connectivity index (χ0) is 38.0. The van der Waals surface area contributed by atoms with Crippen LogP contribution in [0.3, 0.4) is 0 Å². The predicted molar refractivity (Wildman–Crippen MR) is 162 cm³/mol. The normalized spacial score (nSPS) is 22.6. The van der Waals surface area contributed by atoms with Crippen LogP contribution >= 0.6 is 0 Å². The van der Waals surface area contributed by atoms with Gasteiger partial charge in [0.25, 0.3) is 0 Å². The molecular formula is C30H39F6N5O9. The molecule has 50 heavy (non-hydrogen) atoms. The Bertz CT molecular complexity index is 1340. The van der Waals surface area contributed by atoms with Crippen molar-refractivity contribution in [2.24, 2.45) is 17.6 Å². The number of anilines is 1. The average molecular weight is 728 g/mol. The molecule has 2 saturated heterocycles. The second-order valence-electron chi connectivity index (χ2n) is 11.9. The lowest BCUT2D eigenvalue weighted by molar-refractivity contribution is -0.193. The molecule has 1 aliphatic carbocycles. The molecular weight excluding hydrogens is 688 g/mol. The van der Waals surface area contributed by atoms with Gasteiger partial charge in [-0.1, -0.05) is 0 Å². The van der Waals surface area contributed by atoms with E-state index in [1.165, 1.54) is 12.1 Å². The highest BCUT2D eigenvalue weighted by molar-refractivity contribution is 5.98. The van der Waals surface area contributed by atoms with E-state index in [1.54, 1.807) is 24.0 Å². The molecule has 14 nitrogen and oxygen atoms in total. The van der Waals surface area contributed by atoms with Crippen molar-refractivity contribution in [1.82, 2.24) is 14.7 Å². The first kappa shape index (κ1) is 41.7. The number of rotatable bonds is 6. The Balaban J connectivity index is 0.000000521. The van der Waals surface area contributed by atoms with Gasteiger partial charge in [-0.3, -0.25) is 19.3 Å². The molecule has 6 N–H and O–H groups in total. The molecule has 3 amide bonds. The van der Waals surface area contributed by atoms with Gasteiger partial charge in [-0.2, -0.15) is 26.3 Å². The number of hydrogen-bond donors (Lipinski definition) is 5. The number of carbonyl (C=O) groups is 6. The average Bonchev–Trinajstić information content (AvgIpc) is 3.50. The minimum absolute atomic E-state index is 0.0386. The molecule has 0 spiro atoms. The first-order valence-electron chi connectivity index (χ1n) is 15.4. The highest BCUT2D eigenvalue weighted by atomic mass is 19.4. The van der Waals surface area contributed by atoms with Crippen molar-refractivity contribution < 1.29 is 70.4 Å². The number of halogens is 6. The van der Waals surface area contributed by atoms with Gasteiger partial charge in [0, 0.05) is 57.3 Å². The third kappa shape index (κ3) is 12.5. The summed E-state index contributed by atoms with van der Waals surface area (Å²) in [5.74, 6) is -6.32. The van der Waals surface area contributed by atoms with Crippen molar-refractivity contribution in [3.05, 3.63) is 29.8 Å². The second kappa shape index (κ2) is 18.0. The van der Waals surface area contributed by atoms with E-state index in [2.05, 4.69) is 10.2 Å². The number of nitrogens with zero attached hydrogens (tertiary/aromatic N) is 3. The minimum Gasteiger partial charge on any atom is -0.478 e. The van der Waals surface area contributed by atoms with Crippen LogP contribution in [0.2, 0.25) is 0 Å². The fourth-order valence-electron chi connectivity index (χ4n) is 5.77. The number of hydrogen-bond acceptors (Lipinski definition) is 8. The zero-order valence-electron chi connectivity index (χ0n) is 26.9. The number of nitrogens with two attached hydrogens (primary N) is 1. The van der Waals surface area contributed by atoms with Gasteiger partial charge in [-0.05, 0) is 68.8 Å². The van der Waals surface area contributed by atoms with Crippen LogP contribution in [0.15, 0.2) is 24.3 Å². The maximum Gasteiger partial charge on any atom is 0.490 e. The Morgan fingerprint density at radius 1 is 0.820 bits per heavy atom. The maximum absolute atomic E-state index is 13.6. The van der Waals surface area contributed by atoms with Crippen LogP contribution in [0.5, 0.6) is 0 Å². The smallest absolute Gasteiger partial charge is 0.478 e. The molecule has 0 unspecified atom stereocenters. The van der Waals surface area contributed by atoms with E-state index in [0.717, 1.165) is 38.8 Å². The Morgan fingerprint density at radius 2 is 1.30 bits per heavy atom. The van der Waals surface area contributed by atoms with Gasteiger partial charge < -0.3 is 36.2 Å². The fourth-order valence-corrected chi connectivity index (χ4v) is 5.77. The van der Waals surface area contributed by atoms with Crippen LogP contribution in [0.25, 0.3) is 0 Å². The number of aliphatic carboxylic acids is 2. The van der Waals surface area contributed by atoms with Crippen molar-refractivity contribution >= 4 is 41.3 Å². The summed E-state index contributed by atoms with van der Waals surface area (Å²) in [6.45, 7) is 5.45. The highest BCUT2D eigenvalue weighted by Gasteiger charge is 2.44. The quantitative estimate of drug-likeness (QED) is 0.269. The number of aromatic carboxylic acids is 1. The third-order valence-corrected chi connectivity index (χ3v) is 8.55. The first-order chi connectivity index (χ1) is 23.1. The van der Waals surface area contributed by atoms with Crippen LogP contribution in [0.1, 0.15) is 49.4 Å². The molecule has 20 heteroatoms. The number of alkyl halides is 6. The van der Waals surface area contributed by atoms with Gasteiger partial charge >= 0.3 is 30.3 Å². The van der Waals surface area contributed by atoms with E-state index < -0.39 is 36.3 Å². The summed E-state index contributed by atoms with van der Waals surface area (Å²) in [6.07, 6.45) is -6.18. The fraction of sp³-hybridized carbons (Fsp3) is 0.600. The van der Waals surface area contributed by atoms with Gasteiger partial charge in [-0.15, -0.1) is 0 Å². The lowest BCUT2D eigenvalue weighted by Crippen LogP contribution is -2.52. The van der Waals surface area contributed by atoms with Gasteiger partial charge in [0.1, 0.15) is 6.04 Å². The molecule has 2 atom stereocenters. The van der Waals surface area contributed by atoms with Crippen LogP contribution in [-0.2, 0) is 24.0 Å². The van der Waals surface area contributed by atoms with E-state index >= 15 is 0 Å². The molecule has 0 radical (unpaired) electrons. The first-order valence-corrected chi connectivity index (χ1v) is 15.4. The summed E-state index contributed by atoms with van der Waals surface area (Å²) in [5.41, 5.74) is 6.47. The summed E-state index contributed by atoms with van der Waals surface area (Å²) in [4.78, 5) is 73.5. The Hall–Kier alpha value is -4.46. The van der Waals surface area contributed by atoms with Gasteiger partial charge in [-0.25, -0.2) is 14.4 Å². The summed E-state index contributed by atoms with van der Waals surface area (Å²) in [6, 6.07) is 5.48. The summed E-state index contributed by atoms with van der Waals surface area (Å²) >= 11 is 0. The van der Waals surface area contributed by atoms with Gasteiger partial charge in [0.2, 0.25) is 17.7 Å². The molecule has 0 bridgehead atoms. The van der Waals surface area contributed by atoms with Gasteiger partial charge in [0.15, 0.2) is 0 Å². The minimum atomic E-state index is -5.08. The molecule has 2 aliphatic heterocycles. The van der Waals surface area contributed by atoms with Crippen molar-refractivity contribution in [3.63, 3.8) is 0 Å². The van der Waals surface area contributed by atoms with E-state index in [1.807, 2.05) is 4.90 Å². The number of carbonyl (C=O) groups excluding carboxylic acids is 3. The molecule has 1 saturated carbocycles. The monoisotopic (exact) mass is 727 g/mol. The third-order valence-electron chi connectivity index (χ3n) is 8.55. The van der Waals surface area contributed by atoms with E-state index in [4.69, 9.17) is 30.6 Å². The van der Waals surface area contributed by atoms with Crippen LogP contribution in [0.4, 0.5) is 32.0 Å². The SMILES string of the molecule is CC(=O)N1CCN([C@H]2C[C@@H](C(=O)Nc3ccc(C(=O)O)cc3)N(C(=O)C3CCC(CN)CC3)C2)CC1.O=C(O)C(F)(F)F.O=C(O)C(F)(F)F. The number of piperazine rings is 1. The molecule has 1 aromatic carbocycles. The standard InChI is InChI=1S/C26H37N5O5.2C2HF3O2/c1-17(32)29-10-12-30(13-11-29)22-14-23(24(33)28-21-8-6-20(7-9-21)26(35)36)31(16-22)25(34)19-4-2-18(15-27)3-5-19;2*3-2(4,5)1(6)7/h6-9,18-19,22-23H,2-5,10-16,27H2,1H3,(H,28,33)(H,35,36);2*(H,6,7)/t18?,19?,22-,23-;;/m0../s1. The number of carboxylic acids is 3. The van der Waals surface area contributed by atoms with E-state index in [-0.39, 0.29) is 35.2 Å². The van der Waals surface area contributed by atoms with Gasteiger partial charge in [0.05, 0.1) is 5.56 Å². The molecule has 4 rings (SSSR count). The Morgan fingerprint density at radius 3 is 1.70 bits per heavy atom. The predicted octanol–water partition coefficient (Wildman–Crippen LogP) is 2.49. The largest absolute Gasteiger partial charge is 0.490 e. The lowest BCUT2D eigenvalue weighted by Gasteiger charge is -2.37. The maximum atomic E-state index is 13.6. The van der Waals surface area contributed by atoms with Crippen LogP contribution < -0.4 is 11.1 Å². The van der Waals surface area contributed by atoms with Crippen LogP contribution in [0, 0.1) is 11.8 Å². The number of carboxylic acid groups (broad SMARTS) is 3. The second-order valence-corrected chi connectivity index (χ2v) is 11.9. The van der Waals surface area contributed by atoms with E-state index in [9.17, 15) is 45.5 Å². The zero-order valence-corrected chi connectivity index (χ0v) is 26.9. The van der Waals surface area contributed by atoms with E-state index in [0.29, 0.717) is 44.2 Å².